The molecule has 2 aromatic carbocycles. The minimum atomic E-state index is -1.18. The van der Waals surface area contributed by atoms with E-state index in [1.54, 1.807) is 6.07 Å². The fourth-order valence-corrected chi connectivity index (χ4v) is 2.26. The van der Waals surface area contributed by atoms with Crippen molar-refractivity contribution in [1.82, 2.24) is 5.32 Å². The molecule has 0 radical (unpaired) electrons. The number of rotatable bonds is 5. The van der Waals surface area contributed by atoms with Crippen molar-refractivity contribution in [3.63, 3.8) is 0 Å². The van der Waals surface area contributed by atoms with Crippen LogP contribution in [0.25, 0.3) is 0 Å². The van der Waals surface area contributed by atoms with Gasteiger partial charge in [0.15, 0.2) is 11.6 Å². The molecule has 0 aliphatic heterocycles. The monoisotopic (exact) mass is 313 g/mol. The standard InChI is InChI=1S/C16H15ClF3N/c1-10(6-11-4-2-3-5-13(11)17)21-9-12-7-15(19)16(20)8-14(12)18/h2-5,7-8,10,21H,6,9H2,1H3. The van der Waals surface area contributed by atoms with Gasteiger partial charge in [0.2, 0.25) is 0 Å². The van der Waals surface area contributed by atoms with Crippen LogP contribution in [0.4, 0.5) is 13.2 Å². The Morgan fingerprint density at radius 2 is 1.67 bits per heavy atom. The van der Waals surface area contributed by atoms with Crippen LogP contribution in [0.3, 0.4) is 0 Å². The molecule has 1 nitrogen and oxygen atoms in total. The fraction of sp³-hybridized carbons (Fsp3) is 0.250. The Kier molecular flexibility index (Phi) is 5.26. The molecule has 112 valence electrons. The lowest BCUT2D eigenvalue weighted by molar-refractivity contribution is 0.479. The average molecular weight is 314 g/mol. The summed E-state index contributed by atoms with van der Waals surface area (Å²) in [6.45, 7) is 2.04. The van der Waals surface area contributed by atoms with E-state index in [2.05, 4.69) is 5.32 Å². The van der Waals surface area contributed by atoms with Crippen LogP contribution in [-0.4, -0.2) is 6.04 Å². The first-order valence-electron chi connectivity index (χ1n) is 6.57. The zero-order chi connectivity index (χ0) is 15.4. The molecule has 0 amide bonds. The van der Waals surface area contributed by atoms with Crippen molar-refractivity contribution in [3.05, 3.63) is 70.0 Å². The Hall–Kier alpha value is -1.52. The minimum absolute atomic E-state index is 0.0115. The van der Waals surface area contributed by atoms with Crippen LogP contribution < -0.4 is 5.32 Å². The summed E-state index contributed by atoms with van der Waals surface area (Å²) in [7, 11) is 0. The Bertz CT molecular complexity index is 631. The van der Waals surface area contributed by atoms with Crippen molar-refractivity contribution in [2.45, 2.75) is 25.9 Å². The van der Waals surface area contributed by atoms with E-state index >= 15 is 0 Å². The molecule has 0 saturated carbocycles. The van der Waals surface area contributed by atoms with E-state index in [0.717, 1.165) is 11.6 Å². The van der Waals surface area contributed by atoms with Gasteiger partial charge in [-0.2, -0.15) is 0 Å². The largest absolute Gasteiger partial charge is 0.310 e. The maximum atomic E-state index is 13.5. The van der Waals surface area contributed by atoms with Crippen molar-refractivity contribution < 1.29 is 13.2 Å². The second kappa shape index (κ2) is 6.96. The predicted molar refractivity (Wildman–Crippen MR) is 77.8 cm³/mol. The summed E-state index contributed by atoms with van der Waals surface area (Å²) in [6, 6.07) is 8.91. The Balaban J connectivity index is 1.97. The Morgan fingerprint density at radius 3 is 2.38 bits per heavy atom. The van der Waals surface area contributed by atoms with E-state index in [1.165, 1.54) is 0 Å². The van der Waals surface area contributed by atoms with Gasteiger partial charge in [-0.25, -0.2) is 13.2 Å². The molecule has 1 N–H and O–H groups in total. The van der Waals surface area contributed by atoms with Gasteiger partial charge in [-0.1, -0.05) is 29.8 Å². The summed E-state index contributed by atoms with van der Waals surface area (Å²) in [5, 5.41) is 3.75. The molecular formula is C16H15ClF3N. The van der Waals surface area contributed by atoms with Crippen LogP contribution in [0.2, 0.25) is 5.02 Å². The lowest BCUT2D eigenvalue weighted by Gasteiger charge is -2.15. The lowest BCUT2D eigenvalue weighted by Crippen LogP contribution is -2.28. The number of nitrogens with one attached hydrogen (secondary N) is 1. The van der Waals surface area contributed by atoms with E-state index in [9.17, 15) is 13.2 Å². The van der Waals surface area contributed by atoms with Crippen LogP contribution in [0.5, 0.6) is 0 Å². The summed E-state index contributed by atoms with van der Waals surface area (Å²) in [6.07, 6.45) is 0.658. The van der Waals surface area contributed by atoms with Crippen LogP contribution in [0.1, 0.15) is 18.1 Å². The number of benzene rings is 2. The van der Waals surface area contributed by atoms with Gasteiger partial charge in [-0.05, 0) is 31.0 Å². The van der Waals surface area contributed by atoms with Gasteiger partial charge in [0.05, 0.1) is 0 Å². The summed E-state index contributed by atoms with van der Waals surface area (Å²) in [5.74, 6) is -2.99. The van der Waals surface area contributed by atoms with Crippen LogP contribution in [0, 0.1) is 17.5 Å². The Morgan fingerprint density at radius 1 is 1.00 bits per heavy atom. The fourth-order valence-electron chi connectivity index (χ4n) is 2.05. The van der Waals surface area contributed by atoms with E-state index < -0.39 is 17.5 Å². The third-order valence-corrected chi connectivity index (χ3v) is 3.58. The normalized spacial score (nSPS) is 12.4. The van der Waals surface area contributed by atoms with Gasteiger partial charge < -0.3 is 5.32 Å². The lowest BCUT2D eigenvalue weighted by atomic mass is 10.1. The van der Waals surface area contributed by atoms with Crippen molar-refractivity contribution >= 4 is 11.6 Å². The van der Waals surface area contributed by atoms with Gasteiger partial charge >= 0.3 is 0 Å². The molecule has 0 bridgehead atoms. The number of hydrogen-bond donors (Lipinski definition) is 1. The third kappa shape index (κ3) is 4.22. The molecule has 2 rings (SSSR count). The molecule has 0 aliphatic rings. The van der Waals surface area contributed by atoms with Crippen LogP contribution >= 0.6 is 11.6 Å². The van der Waals surface area contributed by atoms with Crippen molar-refractivity contribution in [2.24, 2.45) is 0 Å². The second-order valence-electron chi connectivity index (χ2n) is 4.94. The van der Waals surface area contributed by atoms with Gasteiger partial charge in [-0.3, -0.25) is 0 Å². The molecule has 0 fully saturated rings. The highest BCUT2D eigenvalue weighted by atomic mass is 35.5. The van der Waals surface area contributed by atoms with Crippen molar-refractivity contribution in [3.8, 4) is 0 Å². The molecule has 0 heterocycles. The van der Waals surface area contributed by atoms with Crippen LogP contribution in [0.15, 0.2) is 36.4 Å². The average Bonchev–Trinajstić information content (AvgIpc) is 2.44. The topological polar surface area (TPSA) is 12.0 Å². The highest BCUT2D eigenvalue weighted by Crippen LogP contribution is 2.17. The molecule has 0 saturated heterocycles. The summed E-state index contributed by atoms with van der Waals surface area (Å²) < 4.78 is 39.4. The summed E-state index contributed by atoms with van der Waals surface area (Å²) >= 11 is 6.07. The zero-order valence-corrected chi connectivity index (χ0v) is 12.2. The summed E-state index contributed by atoms with van der Waals surface area (Å²) in [5.41, 5.74) is 1.07. The van der Waals surface area contributed by atoms with E-state index in [4.69, 9.17) is 11.6 Å². The second-order valence-corrected chi connectivity index (χ2v) is 5.34. The molecule has 2 aromatic rings. The quantitative estimate of drug-likeness (QED) is 0.803. The van der Waals surface area contributed by atoms with Crippen molar-refractivity contribution in [1.29, 1.82) is 0 Å². The first-order chi connectivity index (χ1) is 9.97. The molecule has 1 unspecified atom stereocenters. The SMILES string of the molecule is CC(Cc1ccccc1Cl)NCc1cc(F)c(F)cc1F. The first kappa shape index (κ1) is 15.9. The summed E-state index contributed by atoms with van der Waals surface area (Å²) in [4.78, 5) is 0. The number of halogens is 4. The smallest absolute Gasteiger partial charge is 0.161 e. The first-order valence-corrected chi connectivity index (χ1v) is 6.95. The van der Waals surface area contributed by atoms with Gasteiger partial charge in [0.25, 0.3) is 0 Å². The molecule has 1 atom stereocenters. The van der Waals surface area contributed by atoms with E-state index in [-0.39, 0.29) is 18.2 Å². The van der Waals surface area contributed by atoms with E-state index in [0.29, 0.717) is 17.5 Å². The van der Waals surface area contributed by atoms with Gasteiger partial charge in [-0.15, -0.1) is 0 Å². The van der Waals surface area contributed by atoms with Gasteiger partial charge in [0, 0.05) is 29.2 Å². The molecule has 0 aliphatic carbocycles. The molecule has 0 aromatic heterocycles. The molecular weight excluding hydrogens is 299 g/mol. The molecule has 0 spiro atoms. The highest BCUT2D eigenvalue weighted by molar-refractivity contribution is 6.31. The molecule has 21 heavy (non-hydrogen) atoms. The predicted octanol–water partition coefficient (Wildman–Crippen LogP) is 4.48. The maximum absolute atomic E-state index is 13.5. The molecule has 5 heteroatoms. The minimum Gasteiger partial charge on any atom is -0.310 e. The highest BCUT2D eigenvalue weighted by Gasteiger charge is 2.11. The van der Waals surface area contributed by atoms with Crippen molar-refractivity contribution in [2.75, 3.05) is 0 Å². The van der Waals surface area contributed by atoms with E-state index in [1.807, 2.05) is 25.1 Å². The third-order valence-electron chi connectivity index (χ3n) is 3.21. The van der Waals surface area contributed by atoms with Crippen LogP contribution in [-0.2, 0) is 13.0 Å². The Labute approximate surface area is 126 Å². The van der Waals surface area contributed by atoms with Gasteiger partial charge in [0.1, 0.15) is 5.82 Å². The number of hydrogen-bond acceptors (Lipinski definition) is 1. The zero-order valence-electron chi connectivity index (χ0n) is 11.5. The maximum Gasteiger partial charge on any atom is 0.161 e.